The summed E-state index contributed by atoms with van der Waals surface area (Å²) in [5.74, 6) is 0.0327. The van der Waals surface area contributed by atoms with Gasteiger partial charge in [0.2, 0.25) is 0 Å². The molecule has 2 fully saturated rings. The first-order valence-corrected chi connectivity index (χ1v) is 14.3. The van der Waals surface area contributed by atoms with E-state index in [1.54, 1.807) is 4.90 Å². The molecule has 7 nitrogen and oxygen atoms in total. The number of hydrogen-bond acceptors (Lipinski definition) is 6. The highest BCUT2D eigenvalue weighted by Crippen LogP contribution is 2.46. The van der Waals surface area contributed by atoms with Crippen molar-refractivity contribution >= 4 is 36.3 Å². The van der Waals surface area contributed by atoms with E-state index in [9.17, 15) is 9.59 Å². The summed E-state index contributed by atoms with van der Waals surface area (Å²) in [6, 6.07) is 15.8. The van der Waals surface area contributed by atoms with Crippen LogP contribution in [0, 0.1) is 5.92 Å². The van der Waals surface area contributed by atoms with Crippen LogP contribution in [-0.2, 0) is 24.3 Å². The molecule has 2 aromatic carbocycles. The number of carbonyl (C=O) groups is 2. The predicted molar refractivity (Wildman–Crippen MR) is 161 cm³/mol. The van der Waals surface area contributed by atoms with Gasteiger partial charge in [-0.25, -0.2) is 4.79 Å². The molecular weight excluding hydrogens is 503 g/mol. The first-order valence-electron chi connectivity index (χ1n) is 14.3. The minimum absolute atomic E-state index is 0.0327. The maximum Gasteiger partial charge on any atom is 0.494 e. The summed E-state index contributed by atoms with van der Waals surface area (Å²) >= 11 is 0. The minimum Gasteiger partial charge on any atom is -0.444 e. The van der Waals surface area contributed by atoms with Crippen molar-refractivity contribution in [1.82, 2.24) is 4.90 Å². The second-order valence-electron chi connectivity index (χ2n) is 13.5. The number of para-hydroxylation sites is 1. The standard InChI is InChI=1S/C32H45BN2O5/c1-22(2)27-32(21-36,18-19-35(27)28(37)38-29(3,4)5)25-16-11-12-17-26(25)34(10)24-15-13-14-23(20-24)33-39-30(6,7)31(8,9)40-33/h11-17,20-22,27H,18-19H2,1-10H3/t27?,32-/m0/s1. The Kier molecular flexibility index (Phi) is 7.93. The van der Waals surface area contributed by atoms with E-state index in [2.05, 4.69) is 24.8 Å². The zero-order valence-electron chi connectivity index (χ0n) is 25.8. The number of anilines is 2. The molecule has 2 aromatic rings. The number of carbonyl (C=O) groups excluding carboxylic acids is 2. The van der Waals surface area contributed by atoms with E-state index >= 15 is 0 Å². The number of rotatable bonds is 6. The lowest BCUT2D eigenvalue weighted by atomic mass is 9.71. The summed E-state index contributed by atoms with van der Waals surface area (Å²) in [5.41, 5.74) is 1.33. The fraction of sp³-hybridized carbons (Fsp3) is 0.562. The lowest BCUT2D eigenvalue weighted by Gasteiger charge is -2.39. The molecule has 2 aliphatic heterocycles. The van der Waals surface area contributed by atoms with Gasteiger partial charge in [-0.1, -0.05) is 44.2 Å². The number of nitrogens with zero attached hydrogens (tertiary/aromatic N) is 2. The zero-order valence-corrected chi connectivity index (χ0v) is 25.8. The molecule has 0 spiro atoms. The van der Waals surface area contributed by atoms with Crippen molar-refractivity contribution in [2.24, 2.45) is 5.92 Å². The van der Waals surface area contributed by atoms with Crippen LogP contribution in [0.3, 0.4) is 0 Å². The van der Waals surface area contributed by atoms with Crippen LogP contribution >= 0.6 is 0 Å². The van der Waals surface area contributed by atoms with E-state index in [4.69, 9.17) is 14.0 Å². The van der Waals surface area contributed by atoms with Crippen LogP contribution in [-0.4, -0.2) is 60.8 Å². The molecule has 0 aromatic heterocycles. The van der Waals surface area contributed by atoms with Gasteiger partial charge in [-0.05, 0) is 90.0 Å². The van der Waals surface area contributed by atoms with Gasteiger partial charge in [-0.3, -0.25) is 0 Å². The monoisotopic (exact) mass is 548 g/mol. The fourth-order valence-corrected chi connectivity index (χ4v) is 5.99. The van der Waals surface area contributed by atoms with E-state index < -0.39 is 29.3 Å². The Labute approximate surface area is 240 Å². The second kappa shape index (κ2) is 10.5. The van der Waals surface area contributed by atoms with E-state index in [0.717, 1.165) is 28.7 Å². The van der Waals surface area contributed by atoms with Gasteiger partial charge in [0.15, 0.2) is 0 Å². The largest absolute Gasteiger partial charge is 0.494 e. The maximum absolute atomic E-state index is 13.3. The molecule has 0 bridgehead atoms. The van der Waals surface area contributed by atoms with Crippen LogP contribution in [0.5, 0.6) is 0 Å². The van der Waals surface area contributed by atoms with E-state index in [-0.39, 0.29) is 18.1 Å². The minimum atomic E-state index is -0.876. The van der Waals surface area contributed by atoms with Crippen molar-refractivity contribution in [3.8, 4) is 0 Å². The molecule has 2 atom stereocenters. The molecule has 40 heavy (non-hydrogen) atoms. The van der Waals surface area contributed by atoms with Gasteiger partial charge in [-0.2, -0.15) is 0 Å². The molecule has 1 unspecified atom stereocenters. The zero-order chi connectivity index (χ0) is 29.7. The van der Waals surface area contributed by atoms with Crippen molar-refractivity contribution in [3.63, 3.8) is 0 Å². The van der Waals surface area contributed by atoms with Crippen LogP contribution in [0.2, 0.25) is 0 Å². The van der Waals surface area contributed by atoms with Crippen molar-refractivity contribution in [2.45, 2.75) is 97.0 Å². The SMILES string of the molecule is CC(C)C1N(C(=O)OC(C)(C)C)CC[C@]1(C=O)c1ccccc1N(C)c1cccc(B2OC(C)(C)C(C)(C)O2)c1. The molecule has 0 saturated carbocycles. The van der Waals surface area contributed by atoms with Crippen LogP contribution in [0.25, 0.3) is 0 Å². The third-order valence-electron chi connectivity index (χ3n) is 8.65. The topological polar surface area (TPSA) is 68.3 Å². The van der Waals surface area contributed by atoms with Gasteiger partial charge >= 0.3 is 13.2 Å². The number of benzene rings is 2. The third-order valence-corrected chi connectivity index (χ3v) is 8.65. The summed E-state index contributed by atoms with van der Waals surface area (Å²) in [4.78, 5) is 30.2. The summed E-state index contributed by atoms with van der Waals surface area (Å²) in [5, 5.41) is 0. The Morgan fingerprint density at radius 1 is 1.07 bits per heavy atom. The molecule has 2 aliphatic rings. The first-order chi connectivity index (χ1) is 18.5. The molecule has 2 saturated heterocycles. The molecule has 1 amide bonds. The summed E-state index contributed by atoms with van der Waals surface area (Å²) in [7, 11) is 1.53. The quantitative estimate of drug-likeness (QED) is 0.333. The Morgan fingerprint density at radius 3 is 2.27 bits per heavy atom. The number of amides is 1. The number of ether oxygens (including phenoxy) is 1. The molecule has 0 radical (unpaired) electrons. The maximum atomic E-state index is 13.3. The highest BCUT2D eigenvalue weighted by molar-refractivity contribution is 6.62. The molecule has 216 valence electrons. The summed E-state index contributed by atoms with van der Waals surface area (Å²) in [6.45, 7) is 18.3. The first kappa shape index (κ1) is 30.1. The Balaban J connectivity index is 1.72. The second-order valence-corrected chi connectivity index (χ2v) is 13.5. The Morgan fingerprint density at radius 2 is 1.70 bits per heavy atom. The van der Waals surface area contributed by atoms with Gasteiger partial charge in [-0.15, -0.1) is 0 Å². The average molecular weight is 549 g/mol. The van der Waals surface area contributed by atoms with Crippen LogP contribution in [0.1, 0.15) is 74.3 Å². The predicted octanol–water partition coefficient (Wildman–Crippen LogP) is 5.86. The molecule has 0 N–H and O–H groups in total. The molecule has 8 heteroatoms. The Hall–Kier alpha value is -2.84. The lowest BCUT2D eigenvalue weighted by molar-refractivity contribution is -0.113. The van der Waals surface area contributed by atoms with E-state index in [1.807, 2.05) is 98.0 Å². The van der Waals surface area contributed by atoms with Crippen LogP contribution in [0.15, 0.2) is 48.5 Å². The third kappa shape index (κ3) is 5.40. The highest BCUT2D eigenvalue weighted by Gasteiger charge is 2.54. The van der Waals surface area contributed by atoms with Gasteiger partial charge < -0.3 is 28.6 Å². The van der Waals surface area contributed by atoms with Crippen molar-refractivity contribution in [2.75, 3.05) is 18.5 Å². The molecule has 2 heterocycles. The number of likely N-dealkylation sites (tertiary alicyclic amines) is 1. The number of hydrogen-bond donors (Lipinski definition) is 0. The molecule has 0 aliphatic carbocycles. The van der Waals surface area contributed by atoms with Crippen LogP contribution in [0.4, 0.5) is 16.2 Å². The number of aldehydes is 1. The van der Waals surface area contributed by atoms with E-state index in [0.29, 0.717) is 13.0 Å². The van der Waals surface area contributed by atoms with Gasteiger partial charge in [0.05, 0.1) is 22.7 Å². The van der Waals surface area contributed by atoms with Gasteiger partial charge in [0.25, 0.3) is 0 Å². The molecular formula is C32H45BN2O5. The van der Waals surface area contributed by atoms with Gasteiger partial charge in [0, 0.05) is 25.0 Å². The van der Waals surface area contributed by atoms with E-state index in [1.165, 1.54) is 0 Å². The Bertz CT molecular complexity index is 1240. The average Bonchev–Trinajstić information content (AvgIpc) is 3.37. The van der Waals surface area contributed by atoms with Crippen molar-refractivity contribution in [1.29, 1.82) is 0 Å². The lowest BCUT2D eigenvalue weighted by Crippen LogP contribution is -2.50. The fourth-order valence-electron chi connectivity index (χ4n) is 5.99. The molecule has 4 rings (SSSR count). The van der Waals surface area contributed by atoms with Crippen molar-refractivity contribution < 1.29 is 23.6 Å². The normalized spacial score (nSPS) is 23.9. The summed E-state index contributed by atoms with van der Waals surface area (Å²) in [6.07, 6.45) is 1.20. The smallest absolute Gasteiger partial charge is 0.444 e. The van der Waals surface area contributed by atoms with Crippen molar-refractivity contribution in [3.05, 3.63) is 54.1 Å². The summed E-state index contributed by atoms with van der Waals surface area (Å²) < 4.78 is 18.4. The van der Waals surface area contributed by atoms with Gasteiger partial charge in [0.1, 0.15) is 11.9 Å². The van der Waals surface area contributed by atoms with Crippen LogP contribution < -0.4 is 10.4 Å². The highest BCUT2D eigenvalue weighted by atomic mass is 16.7.